The lowest BCUT2D eigenvalue weighted by atomic mass is 10.2. The first kappa shape index (κ1) is 13.6. The van der Waals surface area contributed by atoms with Crippen molar-refractivity contribution >= 4 is 17.4 Å². The van der Waals surface area contributed by atoms with E-state index in [0.29, 0.717) is 12.1 Å². The van der Waals surface area contributed by atoms with Crippen LogP contribution in [0.2, 0.25) is 0 Å². The van der Waals surface area contributed by atoms with Gasteiger partial charge < -0.3 is 10.5 Å². The number of aromatic nitrogens is 1. The van der Waals surface area contributed by atoms with Crippen LogP contribution in [0.1, 0.15) is 13.8 Å². The van der Waals surface area contributed by atoms with Crippen LogP contribution in [0.5, 0.6) is 0 Å². The third-order valence-electron chi connectivity index (χ3n) is 3.14. The molecule has 0 aliphatic carbocycles. The third-order valence-corrected chi connectivity index (χ3v) is 4.36. The topological polar surface area (TPSA) is 51.4 Å². The van der Waals surface area contributed by atoms with Crippen LogP contribution in [0.4, 0.5) is 5.69 Å². The Balaban J connectivity index is 1.85. The molecule has 2 rings (SSSR count). The molecular formula is C13H21N3OS. The minimum absolute atomic E-state index is 0.290. The van der Waals surface area contributed by atoms with Gasteiger partial charge in [0.15, 0.2) is 0 Å². The molecule has 2 heterocycles. The van der Waals surface area contributed by atoms with E-state index >= 15 is 0 Å². The van der Waals surface area contributed by atoms with Crippen LogP contribution in [-0.4, -0.2) is 47.5 Å². The molecule has 1 aromatic heterocycles. The van der Waals surface area contributed by atoms with Gasteiger partial charge in [0, 0.05) is 36.0 Å². The van der Waals surface area contributed by atoms with Crippen LogP contribution < -0.4 is 5.73 Å². The van der Waals surface area contributed by atoms with Crippen molar-refractivity contribution < 1.29 is 4.74 Å². The first-order chi connectivity index (χ1) is 8.66. The van der Waals surface area contributed by atoms with E-state index in [2.05, 4.69) is 23.7 Å². The Kier molecular flexibility index (Phi) is 4.86. The standard InChI is InChI=1S/C13H21N3OS/c1-10(2)16-5-6-17-11(8-16)9-18-13-3-4-15-7-12(13)14/h3-4,7,10-11H,5-6,8-9,14H2,1-2H3. The lowest BCUT2D eigenvalue weighted by molar-refractivity contribution is -0.0265. The molecule has 5 heteroatoms. The van der Waals surface area contributed by atoms with Crippen LogP contribution in [0.15, 0.2) is 23.4 Å². The van der Waals surface area contributed by atoms with Gasteiger partial charge in [-0.15, -0.1) is 11.8 Å². The van der Waals surface area contributed by atoms with Crippen LogP contribution in [0.3, 0.4) is 0 Å². The summed E-state index contributed by atoms with van der Waals surface area (Å²) in [5.74, 6) is 0.942. The van der Waals surface area contributed by atoms with Crippen molar-refractivity contribution in [1.29, 1.82) is 0 Å². The Bertz CT molecular complexity index is 386. The summed E-state index contributed by atoms with van der Waals surface area (Å²) >= 11 is 1.75. The largest absolute Gasteiger partial charge is 0.397 e. The van der Waals surface area contributed by atoms with Gasteiger partial charge in [-0.3, -0.25) is 9.88 Å². The molecule has 1 fully saturated rings. The third kappa shape index (κ3) is 3.60. The molecule has 1 unspecified atom stereocenters. The van der Waals surface area contributed by atoms with Crippen molar-refractivity contribution in [3.63, 3.8) is 0 Å². The Hall–Kier alpha value is -0.780. The second kappa shape index (κ2) is 6.41. The molecular weight excluding hydrogens is 246 g/mol. The molecule has 0 amide bonds. The highest BCUT2D eigenvalue weighted by Crippen LogP contribution is 2.25. The van der Waals surface area contributed by atoms with E-state index < -0.39 is 0 Å². The number of nitrogens with zero attached hydrogens (tertiary/aromatic N) is 2. The first-order valence-corrected chi connectivity index (χ1v) is 7.33. The van der Waals surface area contributed by atoms with Crippen LogP contribution >= 0.6 is 11.8 Å². The van der Waals surface area contributed by atoms with E-state index in [9.17, 15) is 0 Å². The highest BCUT2D eigenvalue weighted by atomic mass is 32.2. The van der Waals surface area contributed by atoms with Gasteiger partial charge in [0.2, 0.25) is 0 Å². The summed E-state index contributed by atoms with van der Waals surface area (Å²) in [6.45, 7) is 7.34. The van der Waals surface area contributed by atoms with E-state index in [1.165, 1.54) is 0 Å². The number of nitrogens with two attached hydrogens (primary N) is 1. The van der Waals surface area contributed by atoms with Crippen molar-refractivity contribution in [3.8, 4) is 0 Å². The second-order valence-electron chi connectivity index (χ2n) is 4.81. The number of ether oxygens (including phenoxy) is 1. The molecule has 4 nitrogen and oxygen atoms in total. The zero-order chi connectivity index (χ0) is 13.0. The Morgan fingerprint density at radius 3 is 3.17 bits per heavy atom. The fourth-order valence-corrected chi connectivity index (χ4v) is 2.96. The molecule has 0 aromatic carbocycles. The number of pyridine rings is 1. The molecule has 2 N–H and O–H groups in total. The van der Waals surface area contributed by atoms with Gasteiger partial charge in [-0.05, 0) is 19.9 Å². The van der Waals surface area contributed by atoms with Gasteiger partial charge in [-0.2, -0.15) is 0 Å². The zero-order valence-electron chi connectivity index (χ0n) is 11.0. The summed E-state index contributed by atoms with van der Waals surface area (Å²) < 4.78 is 5.80. The molecule has 0 saturated carbocycles. The fourth-order valence-electron chi connectivity index (χ4n) is 2.02. The zero-order valence-corrected chi connectivity index (χ0v) is 11.8. The normalized spacial score (nSPS) is 21.4. The summed E-state index contributed by atoms with van der Waals surface area (Å²) in [5.41, 5.74) is 6.63. The quantitative estimate of drug-likeness (QED) is 0.844. The number of anilines is 1. The molecule has 0 spiro atoms. The monoisotopic (exact) mass is 267 g/mol. The minimum Gasteiger partial charge on any atom is -0.397 e. The number of rotatable bonds is 4. The van der Waals surface area contributed by atoms with Crippen molar-refractivity contribution in [1.82, 2.24) is 9.88 Å². The summed E-state index contributed by atoms with van der Waals surface area (Å²) in [5, 5.41) is 0. The molecule has 100 valence electrons. The van der Waals surface area contributed by atoms with E-state index in [0.717, 1.165) is 36.0 Å². The van der Waals surface area contributed by atoms with E-state index in [4.69, 9.17) is 10.5 Å². The van der Waals surface area contributed by atoms with Crippen LogP contribution in [0, 0.1) is 0 Å². The number of hydrogen-bond donors (Lipinski definition) is 1. The smallest absolute Gasteiger partial charge is 0.0796 e. The summed E-state index contributed by atoms with van der Waals surface area (Å²) in [4.78, 5) is 7.55. The molecule has 1 aliphatic rings. The van der Waals surface area contributed by atoms with Crippen molar-refractivity contribution in [2.45, 2.75) is 30.9 Å². The van der Waals surface area contributed by atoms with E-state index in [1.807, 2.05) is 6.07 Å². The van der Waals surface area contributed by atoms with E-state index in [-0.39, 0.29) is 0 Å². The van der Waals surface area contributed by atoms with Gasteiger partial charge in [0.1, 0.15) is 0 Å². The maximum absolute atomic E-state index is 5.88. The molecule has 1 saturated heterocycles. The summed E-state index contributed by atoms with van der Waals surface area (Å²) in [6.07, 6.45) is 3.77. The second-order valence-corrected chi connectivity index (χ2v) is 5.87. The molecule has 0 bridgehead atoms. The average molecular weight is 267 g/mol. The molecule has 1 atom stereocenters. The van der Waals surface area contributed by atoms with Gasteiger partial charge >= 0.3 is 0 Å². The van der Waals surface area contributed by atoms with Gasteiger partial charge in [-0.1, -0.05) is 0 Å². The predicted octanol–water partition coefficient (Wildman–Crippen LogP) is 1.87. The predicted molar refractivity (Wildman–Crippen MR) is 75.8 cm³/mol. The maximum Gasteiger partial charge on any atom is 0.0796 e. The average Bonchev–Trinajstić information content (AvgIpc) is 2.38. The molecule has 1 aromatic rings. The maximum atomic E-state index is 5.88. The number of thioether (sulfide) groups is 1. The summed E-state index contributed by atoms with van der Waals surface area (Å²) in [7, 11) is 0. The van der Waals surface area contributed by atoms with Crippen LogP contribution in [0.25, 0.3) is 0 Å². The van der Waals surface area contributed by atoms with Gasteiger partial charge in [-0.25, -0.2) is 0 Å². The molecule has 1 aliphatic heterocycles. The lowest BCUT2D eigenvalue weighted by Crippen LogP contribution is -2.46. The van der Waals surface area contributed by atoms with E-state index in [1.54, 1.807) is 24.2 Å². The number of nitrogen functional groups attached to an aromatic ring is 1. The van der Waals surface area contributed by atoms with Gasteiger partial charge in [0.05, 0.1) is 24.6 Å². The number of morpholine rings is 1. The Morgan fingerprint density at radius 2 is 2.44 bits per heavy atom. The van der Waals surface area contributed by atoms with Gasteiger partial charge in [0.25, 0.3) is 0 Å². The van der Waals surface area contributed by atoms with Crippen molar-refractivity contribution in [2.75, 3.05) is 31.2 Å². The highest BCUT2D eigenvalue weighted by molar-refractivity contribution is 7.99. The fraction of sp³-hybridized carbons (Fsp3) is 0.615. The Morgan fingerprint density at radius 1 is 1.61 bits per heavy atom. The number of hydrogen-bond acceptors (Lipinski definition) is 5. The highest BCUT2D eigenvalue weighted by Gasteiger charge is 2.22. The Labute approximate surface area is 113 Å². The lowest BCUT2D eigenvalue weighted by Gasteiger charge is -2.35. The van der Waals surface area contributed by atoms with Crippen LogP contribution in [-0.2, 0) is 4.74 Å². The first-order valence-electron chi connectivity index (χ1n) is 6.34. The SMILES string of the molecule is CC(C)N1CCOC(CSc2ccncc2N)C1. The summed E-state index contributed by atoms with van der Waals surface area (Å²) in [6, 6.07) is 2.55. The van der Waals surface area contributed by atoms with Crippen molar-refractivity contribution in [3.05, 3.63) is 18.5 Å². The molecule has 0 radical (unpaired) electrons. The molecule has 18 heavy (non-hydrogen) atoms. The minimum atomic E-state index is 0.290. The van der Waals surface area contributed by atoms with Crippen molar-refractivity contribution in [2.24, 2.45) is 0 Å².